The maximum absolute atomic E-state index is 12.5. The number of halogens is 1. The number of carbonyl (C=O) groups is 1. The summed E-state index contributed by atoms with van der Waals surface area (Å²) in [6.45, 7) is 0. The number of nitrogens with zero attached hydrogens (tertiary/aromatic N) is 1. The lowest BCUT2D eigenvalue weighted by Crippen LogP contribution is -2.27. The van der Waals surface area contributed by atoms with Crippen molar-refractivity contribution in [3.8, 4) is 0 Å². The van der Waals surface area contributed by atoms with E-state index in [9.17, 15) is 14.9 Å². The molecule has 0 spiro atoms. The van der Waals surface area contributed by atoms with Crippen molar-refractivity contribution in [2.24, 2.45) is 0 Å². The van der Waals surface area contributed by atoms with Gasteiger partial charge in [0.1, 0.15) is 0 Å². The predicted octanol–water partition coefficient (Wildman–Crippen LogP) is 3.92. The van der Waals surface area contributed by atoms with Gasteiger partial charge in [0.15, 0.2) is 0 Å². The van der Waals surface area contributed by atoms with Gasteiger partial charge in [-0.25, -0.2) is 0 Å². The molecule has 112 valence electrons. The Bertz CT molecular complexity index is 722. The molecule has 5 nitrogen and oxygen atoms in total. The summed E-state index contributed by atoms with van der Waals surface area (Å²) >= 11 is 5.82. The second-order valence-electron chi connectivity index (χ2n) is 5.35. The quantitative estimate of drug-likeness (QED) is 0.686. The zero-order valence-corrected chi connectivity index (χ0v) is 12.3. The van der Waals surface area contributed by atoms with Crippen LogP contribution in [0.25, 0.3) is 0 Å². The Hall–Kier alpha value is -2.40. The first-order valence-electron chi connectivity index (χ1n) is 6.83. The molecule has 0 unspecified atom stereocenters. The Balaban J connectivity index is 1.79. The van der Waals surface area contributed by atoms with Crippen molar-refractivity contribution in [1.82, 2.24) is 0 Å². The molecule has 0 atom stereocenters. The lowest BCUT2D eigenvalue weighted by Gasteiger charge is -2.15. The molecule has 0 aromatic heterocycles. The van der Waals surface area contributed by atoms with Gasteiger partial charge in [-0.3, -0.25) is 14.9 Å². The van der Waals surface area contributed by atoms with E-state index in [1.54, 1.807) is 36.4 Å². The fourth-order valence-electron chi connectivity index (χ4n) is 2.46. The van der Waals surface area contributed by atoms with Gasteiger partial charge in [-0.2, -0.15) is 0 Å². The lowest BCUT2D eigenvalue weighted by molar-refractivity contribution is -0.384. The normalized spacial score (nSPS) is 15.1. The molecule has 1 fully saturated rings. The Kier molecular flexibility index (Phi) is 3.58. The number of rotatable bonds is 4. The van der Waals surface area contributed by atoms with Gasteiger partial charge in [-0.1, -0.05) is 23.7 Å². The molecule has 1 N–H and O–H groups in total. The molecule has 0 saturated heterocycles. The van der Waals surface area contributed by atoms with E-state index in [1.807, 2.05) is 0 Å². The van der Waals surface area contributed by atoms with Crippen LogP contribution in [0.15, 0.2) is 48.5 Å². The maximum Gasteiger partial charge on any atom is 0.269 e. The molecule has 3 rings (SSSR count). The monoisotopic (exact) mass is 316 g/mol. The number of non-ortho nitro benzene ring substituents is 1. The van der Waals surface area contributed by atoms with Crippen molar-refractivity contribution >= 4 is 28.9 Å². The standard InChI is InChI=1S/C16H13ClN2O3/c17-12-3-5-13(6-4-12)18-15(20)16(9-10-16)11-1-7-14(8-2-11)19(21)22/h1-8H,9-10H2,(H,18,20). The van der Waals surface area contributed by atoms with E-state index in [0.717, 1.165) is 18.4 Å². The van der Waals surface area contributed by atoms with Gasteiger partial charge >= 0.3 is 0 Å². The highest BCUT2D eigenvalue weighted by atomic mass is 35.5. The Morgan fingerprint density at radius 1 is 1.09 bits per heavy atom. The minimum Gasteiger partial charge on any atom is -0.325 e. The smallest absolute Gasteiger partial charge is 0.269 e. The van der Waals surface area contributed by atoms with E-state index in [-0.39, 0.29) is 11.6 Å². The SMILES string of the molecule is O=C(Nc1ccc(Cl)cc1)C1(c2ccc([N+](=O)[O-])cc2)CC1. The van der Waals surface area contributed by atoms with Crippen molar-refractivity contribution < 1.29 is 9.72 Å². The van der Waals surface area contributed by atoms with Gasteiger partial charge in [-0.05, 0) is 42.7 Å². The molecule has 0 aliphatic heterocycles. The number of benzene rings is 2. The van der Waals surface area contributed by atoms with E-state index in [1.165, 1.54) is 12.1 Å². The lowest BCUT2D eigenvalue weighted by atomic mass is 9.94. The fraction of sp³-hybridized carbons (Fsp3) is 0.188. The van der Waals surface area contributed by atoms with Gasteiger partial charge < -0.3 is 5.32 Å². The zero-order chi connectivity index (χ0) is 15.7. The number of hydrogen-bond acceptors (Lipinski definition) is 3. The topological polar surface area (TPSA) is 72.2 Å². The van der Waals surface area contributed by atoms with Crippen LogP contribution in [0.1, 0.15) is 18.4 Å². The summed E-state index contributed by atoms with van der Waals surface area (Å²) in [5.41, 5.74) is 0.944. The minimum absolute atomic E-state index is 0.0256. The zero-order valence-electron chi connectivity index (χ0n) is 11.6. The molecular formula is C16H13ClN2O3. The van der Waals surface area contributed by atoms with Crippen molar-refractivity contribution in [2.45, 2.75) is 18.3 Å². The van der Waals surface area contributed by atoms with Crippen LogP contribution in [0.3, 0.4) is 0 Å². The summed E-state index contributed by atoms with van der Waals surface area (Å²) in [5, 5.41) is 14.2. The average Bonchev–Trinajstić information content (AvgIpc) is 3.31. The molecule has 0 radical (unpaired) electrons. The first-order valence-corrected chi connectivity index (χ1v) is 7.21. The second-order valence-corrected chi connectivity index (χ2v) is 5.78. The minimum atomic E-state index is -0.575. The van der Waals surface area contributed by atoms with Gasteiger partial charge in [0, 0.05) is 22.8 Å². The van der Waals surface area contributed by atoms with Gasteiger partial charge in [-0.15, -0.1) is 0 Å². The first kappa shape index (κ1) is 14.5. The highest BCUT2D eigenvalue weighted by molar-refractivity contribution is 6.30. The number of anilines is 1. The van der Waals surface area contributed by atoms with Crippen LogP contribution in [0.2, 0.25) is 5.02 Å². The third-order valence-corrected chi connectivity index (χ3v) is 4.17. The van der Waals surface area contributed by atoms with Crippen LogP contribution in [0.4, 0.5) is 11.4 Å². The Morgan fingerprint density at radius 3 is 2.18 bits per heavy atom. The third kappa shape index (κ3) is 2.67. The summed E-state index contributed by atoms with van der Waals surface area (Å²) in [7, 11) is 0. The summed E-state index contributed by atoms with van der Waals surface area (Å²) in [6, 6.07) is 13.1. The molecular weight excluding hydrogens is 304 g/mol. The number of nitro benzene ring substituents is 1. The molecule has 1 aliphatic carbocycles. The molecule has 2 aromatic rings. The van der Waals surface area contributed by atoms with E-state index in [4.69, 9.17) is 11.6 Å². The Labute approximate surface area is 132 Å². The van der Waals surface area contributed by atoms with E-state index in [2.05, 4.69) is 5.32 Å². The third-order valence-electron chi connectivity index (χ3n) is 3.92. The van der Waals surface area contributed by atoms with E-state index < -0.39 is 10.3 Å². The van der Waals surface area contributed by atoms with Crippen LogP contribution >= 0.6 is 11.6 Å². The van der Waals surface area contributed by atoms with Crippen LogP contribution < -0.4 is 5.32 Å². The average molecular weight is 317 g/mol. The van der Waals surface area contributed by atoms with Crippen molar-refractivity contribution in [1.29, 1.82) is 0 Å². The molecule has 0 bridgehead atoms. The van der Waals surface area contributed by atoms with Crippen molar-refractivity contribution in [3.63, 3.8) is 0 Å². The molecule has 2 aromatic carbocycles. The molecule has 22 heavy (non-hydrogen) atoms. The number of nitrogens with one attached hydrogen (secondary N) is 1. The van der Waals surface area contributed by atoms with Crippen LogP contribution in [0, 0.1) is 10.1 Å². The molecule has 1 aliphatic rings. The number of hydrogen-bond donors (Lipinski definition) is 1. The van der Waals surface area contributed by atoms with Crippen LogP contribution in [0.5, 0.6) is 0 Å². The highest BCUT2D eigenvalue weighted by Gasteiger charge is 2.51. The first-order chi connectivity index (χ1) is 10.5. The number of carbonyl (C=O) groups excluding carboxylic acids is 1. The van der Waals surface area contributed by atoms with Gasteiger partial charge in [0.25, 0.3) is 5.69 Å². The van der Waals surface area contributed by atoms with Gasteiger partial charge in [0.2, 0.25) is 5.91 Å². The summed E-state index contributed by atoms with van der Waals surface area (Å²) in [4.78, 5) is 22.8. The molecule has 0 heterocycles. The van der Waals surface area contributed by atoms with Crippen LogP contribution in [-0.4, -0.2) is 10.8 Å². The largest absolute Gasteiger partial charge is 0.325 e. The number of nitro groups is 1. The van der Waals surface area contributed by atoms with Crippen molar-refractivity contribution in [2.75, 3.05) is 5.32 Å². The van der Waals surface area contributed by atoms with E-state index in [0.29, 0.717) is 10.7 Å². The second kappa shape index (κ2) is 5.42. The maximum atomic E-state index is 12.5. The highest BCUT2D eigenvalue weighted by Crippen LogP contribution is 2.49. The summed E-state index contributed by atoms with van der Waals surface area (Å²) in [6.07, 6.45) is 1.48. The number of amides is 1. The molecule has 1 amide bonds. The van der Waals surface area contributed by atoms with Gasteiger partial charge in [0.05, 0.1) is 10.3 Å². The predicted molar refractivity (Wildman–Crippen MR) is 84.1 cm³/mol. The Morgan fingerprint density at radius 2 is 1.68 bits per heavy atom. The fourth-order valence-corrected chi connectivity index (χ4v) is 2.58. The van der Waals surface area contributed by atoms with E-state index >= 15 is 0 Å². The van der Waals surface area contributed by atoms with Crippen LogP contribution in [-0.2, 0) is 10.2 Å². The summed E-state index contributed by atoms with van der Waals surface area (Å²) in [5.74, 6) is -0.0938. The summed E-state index contributed by atoms with van der Waals surface area (Å²) < 4.78 is 0. The molecule has 1 saturated carbocycles. The molecule has 6 heteroatoms. The van der Waals surface area contributed by atoms with Crippen molar-refractivity contribution in [3.05, 3.63) is 69.2 Å².